The van der Waals surface area contributed by atoms with Crippen LogP contribution in [0.4, 0.5) is 0 Å². The zero-order valence-corrected chi connectivity index (χ0v) is 13.9. The highest BCUT2D eigenvalue weighted by molar-refractivity contribution is 7.89. The van der Waals surface area contributed by atoms with Crippen LogP contribution >= 0.6 is 22.9 Å². The van der Waals surface area contributed by atoms with E-state index < -0.39 is 10.0 Å². The fourth-order valence-corrected chi connectivity index (χ4v) is 6.36. The minimum Gasteiger partial charge on any atom is -0.207 e. The summed E-state index contributed by atoms with van der Waals surface area (Å²) in [6.07, 6.45) is 7.26. The van der Waals surface area contributed by atoms with Crippen LogP contribution < -0.4 is 0 Å². The summed E-state index contributed by atoms with van der Waals surface area (Å²) in [6.45, 7) is 1.35. The summed E-state index contributed by atoms with van der Waals surface area (Å²) in [4.78, 5) is 1.33. The van der Waals surface area contributed by atoms with Gasteiger partial charge in [-0.3, -0.25) is 0 Å². The van der Waals surface area contributed by atoms with E-state index in [2.05, 4.69) is 0 Å². The Kier molecular flexibility index (Phi) is 4.15. The smallest absolute Gasteiger partial charge is 0.207 e. The first-order valence-corrected chi connectivity index (χ1v) is 10.0. The maximum Gasteiger partial charge on any atom is 0.243 e. The highest BCUT2D eigenvalue weighted by Crippen LogP contribution is 2.46. The van der Waals surface area contributed by atoms with E-state index in [0.29, 0.717) is 29.3 Å². The summed E-state index contributed by atoms with van der Waals surface area (Å²) < 4.78 is 26.9. The zero-order valence-electron chi connectivity index (χ0n) is 11.5. The molecule has 2 aliphatic rings. The molecule has 0 unspecified atom stereocenters. The summed E-state index contributed by atoms with van der Waals surface area (Å²) in [6, 6.07) is 1.72. The molecular weight excluding hydrogens is 314 g/mol. The molecule has 1 saturated carbocycles. The first-order valence-electron chi connectivity index (χ1n) is 7.19. The molecule has 2 fully saturated rings. The Morgan fingerprint density at radius 2 is 1.85 bits per heavy atom. The Labute approximate surface area is 130 Å². The number of hydrogen-bond donors (Lipinski definition) is 0. The average Bonchev–Trinajstić information content (AvgIpc) is 3.09. The molecular formula is C14H20ClNO2S2. The summed E-state index contributed by atoms with van der Waals surface area (Å²) in [5, 5.41) is 1.72. The third-order valence-corrected chi connectivity index (χ3v) is 8.26. The first kappa shape index (κ1) is 14.8. The normalized spacial score (nSPS) is 23.4. The van der Waals surface area contributed by atoms with Crippen LogP contribution in [0.15, 0.2) is 16.3 Å². The van der Waals surface area contributed by atoms with Crippen LogP contribution in [0.1, 0.15) is 43.4 Å². The van der Waals surface area contributed by atoms with Crippen molar-refractivity contribution in [2.24, 2.45) is 5.41 Å². The molecule has 0 aromatic carbocycles. The minimum atomic E-state index is -3.31. The van der Waals surface area contributed by atoms with Crippen LogP contribution in [0.3, 0.4) is 0 Å². The van der Waals surface area contributed by atoms with Crippen LogP contribution in [0.2, 0.25) is 0 Å². The zero-order chi connectivity index (χ0) is 14.2. The second-order valence-electron chi connectivity index (χ2n) is 5.99. The van der Waals surface area contributed by atoms with Crippen molar-refractivity contribution in [3.63, 3.8) is 0 Å². The van der Waals surface area contributed by atoms with Crippen LogP contribution in [-0.2, 0) is 15.9 Å². The number of hydrogen-bond acceptors (Lipinski definition) is 3. The van der Waals surface area contributed by atoms with E-state index in [9.17, 15) is 8.42 Å². The standard InChI is InChI=1S/C14H20ClNO2S2/c15-10-12-9-13(11-19-12)20(17,18)16-7-5-14(6-8-16)3-1-2-4-14/h9,11H,1-8,10H2. The molecule has 0 radical (unpaired) electrons. The van der Waals surface area contributed by atoms with E-state index in [4.69, 9.17) is 11.6 Å². The number of halogens is 1. The molecule has 1 aliphatic carbocycles. The van der Waals surface area contributed by atoms with Gasteiger partial charge in [0, 0.05) is 23.3 Å². The quantitative estimate of drug-likeness (QED) is 0.788. The molecule has 3 rings (SSSR count). The third-order valence-electron chi connectivity index (χ3n) is 4.85. The molecule has 20 heavy (non-hydrogen) atoms. The molecule has 1 spiro atoms. The van der Waals surface area contributed by atoms with Gasteiger partial charge in [-0.2, -0.15) is 4.31 Å². The second kappa shape index (κ2) is 5.59. The van der Waals surface area contributed by atoms with E-state index in [-0.39, 0.29) is 0 Å². The van der Waals surface area contributed by atoms with Crippen molar-refractivity contribution in [1.29, 1.82) is 0 Å². The summed E-state index contributed by atoms with van der Waals surface area (Å²) >= 11 is 7.18. The fraction of sp³-hybridized carbons (Fsp3) is 0.714. The minimum absolute atomic E-state index is 0.378. The average molecular weight is 334 g/mol. The topological polar surface area (TPSA) is 37.4 Å². The molecule has 112 valence electrons. The van der Waals surface area contributed by atoms with Gasteiger partial charge in [-0.15, -0.1) is 22.9 Å². The van der Waals surface area contributed by atoms with Gasteiger partial charge >= 0.3 is 0 Å². The number of thiophene rings is 1. The molecule has 0 bridgehead atoms. The number of nitrogens with zero attached hydrogens (tertiary/aromatic N) is 1. The Morgan fingerprint density at radius 1 is 1.20 bits per heavy atom. The lowest BCUT2D eigenvalue weighted by atomic mass is 9.78. The van der Waals surface area contributed by atoms with E-state index in [0.717, 1.165) is 17.7 Å². The SMILES string of the molecule is O=S(=O)(c1csc(CCl)c1)N1CCC2(CCCC2)CC1. The lowest BCUT2D eigenvalue weighted by molar-refractivity contribution is 0.160. The van der Waals surface area contributed by atoms with Gasteiger partial charge in [-0.05, 0) is 37.2 Å². The van der Waals surface area contributed by atoms with Crippen molar-refractivity contribution in [2.45, 2.75) is 49.3 Å². The van der Waals surface area contributed by atoms with Crippen molar-refractivity contribution in [1.82, 2.24) is 4.31 Å². The predicted octanol–water partition coefficient (Wildman–Crippen LogP) is 3.83. The molecule has 1 aliphatic heterocycles. The Balaban J connectivity index is 1.73. The van der Waals surface area contributed by atoms with Crippen molar-refractivity contribution in [3.8, 4) is 0 Å². The summed E-state index contributed by atoms with van der Waals surface area (Å²) in [5.41, 5.74) is 0.446. The maximum atomic E-state index is 12.6. The van der Waals surface area contributed by atoms with E-state index >= 15 is 0 Å². The monoisotopic (exact) mass is 333 g/mol. The summed E-state index contributed by atoms with van der Waals surface area (Å²) in [7, 11) is -3.31. The Hall–Kier alpha value is -0.100. The lowest BCUT2D eigenvalue weighted by Crippen LogP contribution is -2.42. The maximum absolute atomic E-state index is 12.6. The van der Waals surface area contributed by atoms with Crippen LogP contribution in [0.25, 0.3) is 0 Å². The van der Waals surface area contributed by atoms with E-state index in [1.165, 1.54) is 37.0 Å². The van der Waals surface area contributed by atoms with E-state index in [1.54, 1.807) is 15.8 Å². The first-order chi connectivity index (χ1) is 9.56. The third kappa shape index (κ3) is 2.65. The van der Waals surface area contributed by atoms with Gasteiger partial charge in [-0.25, -0.2) is 8.42 Å². The molecule has 1 saturated heterocycles. The molecule has 2 heterocycles. The molecule has 0 amide bonds. The molecule has 0 N–H and O–H groups in total. The van der Waals surface area contributed by atoms with E-state index in [1.807, 2.05) is 0 Å². The lowest BCUT2D eigenvalue weighted by Gasteiger charge is -2.38. The van der Waals surface area contributed by atoms with Gasteiger partial charge in [0.1, 0.15) is 0 Å². The number of alkyl halides is 1. The van der Waals surface area contributed by atoms with Gasteiger partial charge in [-0.1, -0.05) is 12.8 Å². The van der Waals surface area contributed by atoms with Crippen LogP contribution in [-0.4, -0.2) is 25.8 Å². The molecule has 3 nitrogen and oxygen atoms in total. The van der Waals surface area contributed by atoms with Gasteiger partial charge in [0.2, 0.25) is 10.0 Å². The molecule has 6 heteroatoms. The van der Waals surface area contributed by atoms with Crippen molar-refractivity contribution < 1.29 is 8.42 Å². The Bertz CT molecular complexity index is 566. The largest absolute Gasteiger partial charge is 0.243 e. The highest BCUT2D eigenvalue weighted by Gasteiger charge is 2.40. The van der Waals surface area contributed by atoms with Crippen molar-refractivity contribution in [2.75, 3.05) is 13.1 Å². The van der Waals surface area contributed by atoms with Crippen LogP contribution in [0.5, 0.6) is 0 Å². The van der Waals surface area contributed by atoms with Gasteiger partial charge in [0.05, 0.1) is 10.8 Å². The molecule has 1 aromatic rings. The van der Waals surface area contributed by atoms with Gasteiger partial charge < -0.3 is 0 Å². The Morgan fingerprint density at radius 3 is 2.40 bits per heavy atom. The van der Waals surface area contributed by atoms with Crippen molar-refractivity contribution >= 4 is 33.0 Å². The molecule has 0 atom stereocenters. The predicted molar refractivity (Wildman–Crippen MR) is 82.8 cm³/mol. The number of rotatable bonds is 3. The molecule has 1 aromatic heterocycles. The van der Waals surface area contributed by atoms with Crippen LogP contribution in [0, 0.1) is 5.41 Å². The second-order valence-corrected chi connectivity index (χ2v) is 9.19. The highest BCUT2D eigenvalue weighted by atomic mass is 35.5. The van der Waals surface area contributed by atoms with Gasteiger partial charge in [0.25, 0.3) is 0 Å². The summed E-state index contributed by atoms with van der Waals surface area (Å²) in [5.74, 6) is 0.378. The fourth-order valence-electron chi connectivity index (χ4n) is 3.54. The van der Waals surface area contributed by atoms with Crippen molar-refractivity contribution in [3.05, 3.63) is 16.3 Å². The number of piperidine rings is 1. The number of sulfonamides is 1. The van der Waals surface area contributed by atoms with Gasteiger partial charge in [0.15, 0.2) is 0 Å².